The molecule has 6 heteroatoms. The third-order valence-electron chi connectivity index (χ3n) is 6.13. The molecule has 1 aromatic rings. The number of hydrogen-bond donors (Lipinski definition) is 0. The van der Waals surface area contributed by atoms with Gasteiger partial charge in [0.25, 0.3) is 0 Å². The summed E-state index contributed by atoms with van der Waals surface area (Å²) in [5.74, 6) is 1.55. The summed E-state index contributed by atoms with van der Waals surface area (Å²) in [7, 11) is 3.21. The average molecular weight is 379 g/mol. The number of nitrogens with zero attached hydrogens (tertiary/aromatic N) is 2. The van der Waals surface area contributed by atoms with Crippen molar-refractivity contribution in [2.45, 2.75) is 56.7 Å². The van der Waals surface area contributed by atoms with Gasteiger partial charge in [0.05, 0.1) is 19.2 Å². The van der Waals surface area contributed by atoms with E-state index >= 15 is 0 Å². The molecule has 3 fully saturated rings. The first-order valence-corrected chi connectivity index (χ1v) is 9.93. The molecule has 2 heterocycles. The smallest absolute Gasteiger partial charge is 0.243 e. The molecule has 142 valence electrons. The van der Waals surface area contributed by atoms with Gasteiger partial charge >= 0.3 is 0 Å². The van der Waals surface area contributed by atoms with Gasteiger partial charge in [-0.1, -0.05) is 11.6 Å². The zero-order valence-electron chi connectivity index (χ0n) is 15.6. The molecule has 2 saturated heterocycles. The molecule has 0 radical (unpaired) electrons. The molecule has 1 spiro atoms. The molecule has 26 heavy (non-hydrogen) atoms. The molecule has 5 nitrogen and oxygen atoms in total. The van der Waals surface area contributed by atoms with Crippen molar-refractivity contribution in [2.75, 3.05) is 27.3 Å². The minimum atomic E-state index is -0.319. The molecule has 2 aliphatic heterocycles. The highest BCUT2D eigenvalue weighted by Gasteiger charge is 2.52. The molecule has 1 atom stereocenters. The van der Waals surface area contributed by atoms with E-state index < -0.39 is 0 Å². The van der Waals surface area contributed by atoms with Gasteiger partial charge in [0.15, 0.2) is 11.5 Å². The fourth-order valence-electron chi connectivity index (χ4n) is 4.73. The Bertz CT molecular complexity index is 707. The number of halogens is 1. The van der Waals surface area contributed by atoms with Crippen LogP contribution in [0.2, 0.25) is 5.02 Å². The number of methoxy groups -OCH3 is 2. The molecular formula is C20H27ClN2O3. The van der Waals surface area contributed by atoms with E-state index in [1.165, 1.54) is 12.8 Å². The minimum Gasteiger partial charge on any atom is -0.493 e. The first-order chi connectivity index (χ1) is 12.6. The van der Waals surface area contributed by atoms with Gasteiger partial charge in [-0.2, -0.15) is 0 Å². The number of carbonyl (C=O) groups excluding carboxylic acids is 1. The van der Waals surface area contributed by atoms with Gasteiger partial charge in [0.2, 0.25) is 5.91 Å². The summed E-state index contributed by atoms with van der Waals surface area (Å²) in [6, 6.07) is 4.40. The molecule has 4 rings (SSSR count). The maximum absolute atomic E-state index is 13.3. The van der Waals surface area contributed by atoms with Gasteiger partial charge in [0.1, 0.15) is 5.54 Å². The number of rotatable bonds is 5. The Kier molecular flexibility index (Phi) is 4.78. The molecule has 1 saturated carbocycles. The quantitative estimate of drug-likeness (QED) is 0.786. The van der Waals surface area contributed by atoms with Crippen LogP contribution in [-0.4, -0.2) is 54.6 Å². The number of piperidine rings is 1. The van der Waals surface area contributed by atoms with Gasteiger partial charge in [-0.15, -0.1) is 0 Å². The number of carbonyl (C=O) groups is 1. The summed E-state index contributed by atoms with van der Waals surface area (Å²) < 4.78 is 10.8. The molecule has 0 N–H and O–H groups in total. The van der Waals surface area contributed by atoms with E-state index in [9.17, 15) is 4.79 Å². The maximum atomic E-state index is 13.3. The second-order valence-corrected chi connectivity index (χ2v) is 8.11. The Morgan fingerprint density at radius 2 is 1.88 bits per heavy atom. The molecule has 0 aromatic heterocycles. The Balaban J connectivity index is 1.59. The van der Waals surface area contributed by atoms with Crippen molar-refractivity contribution in [1.82, 2.24) is 9.80 Å². The number of amides is 1. The lowest BCUT2D eigenvalue weighted by atomic mass is 9.85. The van der Waals surface area contributed by atoms with Crippen LogP contribution in [0.4, 0.5) is 0 Å². The van der Waals surface area contributed by atoms with Crippen molar-refractivity contribution in [3.63, 3.8) is 0 Å². The normalized spacial score (nSPS) is 26.6. The van der Waals surface area contributed by atoms with Gasteiger partial charge < -0.3 is 14.4 Å². The predicted molar refractivity (Wildman–Crippen MR) is 101 cm³/mol. The summed E-state index contributed by atoms with van der Waals surface area (Å²) in [6.07, 6.45) is 6.46. The Labute approximate surface area is 160 Å². The summed E-state index contributed by atoms with van der Waals surface area (Å²) in [6.45, 7) is 2.60. The second kappa shape index (κ2) is 6.93. The van der Waals surface area contributed by atoms with E-state index in [1.807, 2.05) is 12.1 Å². The zero-order chi connectivity index (χ0) is 18.3. The van der Waals surface area contributed by atoms with Crippen molar-refractivity contribution in [3.8, 4) is 11.5 Å². The number of likely N-dealkylation sites (tertiary alicyclic amines) is 2. The Morgan fingerprint density at radius 3 is 2.54 bits per heavy atom. The monoisotopic (exact) mass is 378 g/mol. The first kappa shape index (κ1) is 17.9. The Hall–Kier alpha value is -1.46. The number of hydrogen-bond acceptors (Lipinski definition) is 4. The van der Waals surface area contributed by atoms with Gasteiger partial charge in [-0.3, -0.25) is 9.69 Å². The largest absolute Gasteiger partial charge is 0.493 e. The minimum absolute atomic E-state index is 0.319. The van der Waals surface area contributed by atoms with Crippen LogP contribution in [0, 0.1) is 0 Å². The molecule has 3 aliphatic rings. The van der Waals surface area contributed by atoms with E-state index in [0.29, 0.717) is 35.0 Å². The SMILES string of the molecule is COc1cc(CN2CCCC23CCCN(C2CC2)C3=O)cc(Cl)c1OC. The molecule has 0 bridgehead atoms. The zero-order valence-corrected chi connectivity index (χ0v) is 16.3. The predicted octanol–water partition coefficient (Wildman–Crippen LogP) is 3.48. The fourth-order valence-corrected chi connectivity index (χ4v) is 5.04. The van der Waals surface area contributed by atoms with Gasteiger partial charge in [-0.25, -0.2) is 0 Å². The molecule has 1 unspecified atom stereocenters. The van der Waals surface area contributed by atoms with Crippen LogP contribution >= 0.6 is 11.6 Å². The lowest BCUT2D eigenvalue weighted by molar-refractivity contribution is -0.148. The summed E-state index contributed by atoms with van der Waals surface area (Å²) >= 11 is 6.38. The third kappa shape index (κ3) is 2.95. The van der Waals surface area contributed by atoms with Gasteiger partial charge in [-0.05, 0) is 62.8 Å². The van der Waals surface area contributed by atoms with Crippen molar-refractivity contribution in [1.29, 1.82) is 0 Å². The van der Waals surface area contributed by atoms with Crippen molar-refractivity contribution in [3.05, 3.63) is 22.7 Å². The summed E-state index contributed by atoms with van der Waals surface area (Å²) in [5, 5.41) is 0.546. The maximum Gasteiger partial charge on any atom is 0.243 e. The first-order valence-electron chi connectivity index (χ1n) is 9.55. The van der Waals surface area contributed by atoms with E-state index in [2.05, 4.69) is 9.80 Å². The Morgan fingerprint density at radius 1 is 1.15 bits per heavy atom. The highest BCUT2D eigenvalue weighted by molar-refractivity contribution is 6.32. The van der Waals surface area contributed by atoms with Crippen LogP contribution in [0.25, 0.3) is 0 Å². The van der Waals surface area contributed by atoms with Crippen LogP contribution in [-0.2, 0) is 11.3 Å². The standard InChI is InChI=1S/C20H27ClN2O3/c1-25-17-12-14(11-16(21)18(17)26-2)13-22-9-3-7-20(22)8-4-10-23(19(20)24)15-5-6-15/h11-12,15H,3-10,13H2,1-2H3. The lowest BCUT2D eigenvalue weighted by Crippen LogP contribution is -2.60. The average Bonchev–Trinajstić information content (AvgIpc) is 3.40. The topological polar surface area (TPSA) is 42.0 Å². The van der Waals surface area contributed by atoms with Crippen molar-refractivity contribution >= 4 is 17.5 Å². The molecule has 1 aromatic carbocycles. The second-order valence-electron chi connectivity index (χ2n) is 7.70. The third-order valence-corrected chi connectivity index (χ3v) is 6.41. The van der Waals surface area contributed by atoms with Crippen LogP contribution in [0.15, 0.2) is 12.1 Å². The lowest BCUT2D eigenvalue weighted by Gasteiger charge is -2.45. The highest BCUT2D eigenvalue weighted by atomic mass is 35.5. The van der Waals surface area contributed by atoms with E-state index in [4.69, 9.17) is 21.1 Å². The van der Waals surface area contributed by atoms with Crippen LogP contribution in [0.3, 0.4) is 0 Å². The van der Waals surface area contributed by atoms with Crippen LogP contribution in [0.5, 0.6) is 11.5 Å². The van der Waals surface area contributed by atoms with E-state index in [1.54, 1.807) is 14.2 Å². The fraction of sp³-hybridized carbons (Fsp3) is 0.650. The molecule has 1 amide bonds. The summed E-state index contributed by atoms with van der Waals surface area (Å²) in [5.41, 5.74) is 0.741. The van der Waals surface area contributed by atoms with Gasteiger partial charge in [0, 0.05) is 19.1 Å². The molecular weight excluding hydrogens is 352 g/mol. The highest BCUT2D eigenvalue weighted by Crippen LogP contribution is 2.43. The van der Waals surface area contributed by atoms with Crippen molar-refractivity contribution < 1.29 is 14.3 Å². The number of ether oxygens (including phenoxy) is 2. The molecule has 1 aliphatic carbocycles. The van der Waals surface area contributed by atoms with E-state index in [0.717, 1.165) is 44.3 Å². The van der Waals surface area contributed by atoms with Crippen LogP contribution in [0.1, 0.15) is 44.1 Å². The van der Waals surface area contributed by atoms with Crippen molar-refractivity contribution in [2.24, 2.45) is 0 Å². The summed E-state index contributed by atoms with van der Waals surface area (Å²) in [4.78, 5) is 17.9. The van der Waals surface area contributed by atoms with Crippen LogP contribution < -0.4 is 9.47 Å². The van der Waals surface area contributed by atoms with E-state index in [-0.39, 0.29) is 5.54 Å². The number of benzene rings is 1.